The minimum absolute atomic E-state index is 0.402. The molecule has 2 saturated carbocycles. The summed E-state index contributed by atoms with van der Waals surface area (Å²) < 4.78 is 6.19. The van der Waals surface area contributed by atoms with Crippen LogP contribution in [0.25, 0.3) is 0 Å². The van der Waals surface area contributed by atoms with Crippen molar-refractivity contribution in [3.63, 3.8) is 0 Å². The van der Waals surface area contributed by atoms with Crippen LogP contribution in [0.2, 0.25) is 0 Å². The van der Waals surface area contributed by atoms with Crippen molar-refractivity contribution in [1.29, 1.82) is 0 Å². The Morgan fingerprint density at radius 2 is 1.83 bits per heavy atom. The van der Waals surface area contributed by atoms with Gasteiger partial charge in [0.1, 0.15) is 0 Å². The first kappa shape index (κ1) is 7.37. The molecule has 68 valence electrons. The van der Waals surface area contributed by atoms with Gasteiger partial charge >= 0.3 is 0 Å². The van der Waals surface area contributed by atoms with Crippen LogP contribution in [-0.4, -0.2) is 11.7 Å². The Morgan fingerprint density at radius 3 is 2.50 bits per heavy atom. The molecule has 1 nitrogen and oxygen atoms in total. The van der Waals surface area contributed by atoms with Gasteiger partial charge in [-0.25, -0.2) is 0 Å². The summed E-state index contributed by atoms with van der Waals surface area (Å²) in [7, 11) is 0. The number of hydrogen-bond acceptors (Lipinski definition) is 1. The van der Waals surface area contributed by atoms with Crippen molar-refractivity contribution in [2.45, 2.75) is 63.1 Å². The van der Waals surface area contributed by atoms with E-state index >= 15 is 0 Å². The lowest BCUT2D eigenvalue weighted by atomic mass is 9.74. The molecule has 1 heterocycles. The lowest BCUT2D eigenvalue weighted by molar-refractivity contribution is -0.0974. The smallest absolute Gasteiger partial charge is 0.0690 e. The van der Waals surface area contributed by atoms with Crippen LogP contribution in [0.5, 0.6) is 0 Å². The summed E-state index contributed by atoms with van der Waals surface area (Å²) in [4.78, 5) is 0. The number of hydrogen-bond donors (Lipinski definition) is 0. The lowest BCUT2D eigenvalue weighted by Crippen LogP contribution is -2.36. The fourth-order valence-electron chi connectivity index (χ4n) is 3.30. The van der Waals surface area contributed by atoms with Crippen LogP contribution in [0.3, 0.4) is 0 Å². The molecule has 1 heteroatoms. The predicted octanol–water partition coefficient (Wildman–Crippen LogP) is 2.89. The second kappa shape index (κ2) is 2.47. The number of rotatable bonds is 0. The van der Waals surface area contributed by atoms with Crippen molar-refractivity contribution in [2.24, 2.45) is 5.92 Å². The predicted molar refractivity (Wildman–Crippen MR) is 48.0 cm³/mol. The summed E-state index contributed by atoms with van der Waals surface area (Å²) in [5, 5.41) is 0. The highest BCUT2D eigenvalue weighted by atomic mass is 16.5. The van der Waals surface area contributed by atoms with Crippen molar-refractivity contribution in [3.05, 3.63) is 0 Å². The van der Waals surface area contributed by atoms with Gasteiger partial charge in [-0.3, -0.25) is 0 Å². The van der Waals surface area contributed by atoms with Gasteiger partial charge in [0.2, 0.25) is 0 Å². The Hall–Kier alpha value is -0.0400. The van der Waals surface area contributed by atoms with Crippen molar-refractivity contribution in [1.82, 2.24) is 0 Å². The van der Waals surface area contributed by atoms with Gasteiger partial charge in [-0.05, 0) is 44.4 Å². The first-order chi connectivity index (χ1) is 5.88. The molecule has 0 bridgehead atoms. The molecular weight excluding hydrogens is 148 g/mol. The molecule has 2 atom stereocenters. The van der Waals surface area contributed by atoms with Gasteiger partial charge < -0.3 is 4.74 Å². The van der Waals surface area contributed by atoms with Crippen LogP contribution in [0.4, 0.5) is 0 Å². The van der Waals surface area contributed by atoms with Gasteiger partial charge in [0.15, 0.2) is 0 Å². The molecule has 0 N–H and O–H groups in total. The van der Waals surface area contributed by atoms with Crippen LogP contribution in [-0.2, 0) is 4.74 Å². The fourth-order valence-corrected chi connectivity index (χ4v) is 3.30. The van der Waals surface area contributed by atoms with E-state index in [0.717, 1.165) is 5.92 Å². The molecule has 1 saturated heterocycles. The zero-order valence-electron chi connectivity index (χ0n) is 7.72. The quantitative estimate of drug-likeness (QED) is 0.537. The molecule has 0 radical (unpaired) electrons. The average molecular weight is 166 g/mol. The van der Waals surface area contributed by atoms with Gasteiger partial charge in [-0.15, -0.1) is 0 Å². The number of fused-ring (bicyclic) bond motifs is 1. The second-order valence-corrected chi connectivity index (χ2v) is 4.94. The molecular formula is C11H18O. The van der Waals surface area contributed by atoms with E-state index in [-0.39, 0.29) is 0 Å². The van der Waals surface area contributed by atoms with E-state index in [1.807, 2.05) is 0 Å². The monoisotopic (exact) mass is 166 g/mol. The molecule has 0 aromatic rings. The molecule has 1 aliphatic heterocycles. The van der Waals surface area contributed by atoms with Crippen molar-refractivity contribution < 1.29 is 4.74 Å². The third-order valence-corrected chi connectivity index (χ3v) is 4.14. The zero-order chi connectivity index (χ0) is 8.02. The first-order valence-electron chi connectivity index (χ1n) is 5.56. The molecule has 2 unspecified atom stereocenters. The van der Waals surface area contributed by atoms with E-state index in [4.69, 9.17) is 4.74 Å². The maximum absolute atomic E-state index is 6.19. The molecule has 3 aliphatic rings. The van der Waals surface area contributed by atoms with E-state index in [9.17, 15) is 0 Å². The Balaban J connectivity index is 1.74. The van der Waals surface area contributed by atoms with Crippen LogP contribution in [0, 0.1) is 5.92 Å². The van der Waals surface area contributed by atoms with E-state index in [1.54, 1.807) is 0 Å². The second-order valence-electron chi connectivity index (χ2n) is 4.94. The van der Waals surface area contributed by atoms with Crippen LogP contribution >= 0.6 is 0 Å². The van der Waals surface area contributed by atoms with Gasteiger partial charge in [-0.1, -0.05) is 12.8 Å². The summed E-state index contributed by atoms with van der Waals surface area (Å²) in [6, 6.07) is 0. The molecule has 1 spiro atoms. The lowest BCUT2D eigenvalue weighted by Gasteiger charge is -2.37. The minimum Gasteiger partial charge on any atom is -0.371 e. The summed E-state index contributed by atoms with van der Waals surface area (Å²) in [6.45, 7) is 0. The highest BCUT2D eigenvalue weighted by molar-refractivity contribution is 5.00. The number of ether oxygens (including phenoxy) is 1. The summed E-state index contributed by atoms with van der Waals surface area (Å²) >= 11 is 0. The maximum atomic E-state index is 6.19. The third kappa shape index (κ3) is 0.953. The normalized spacial score (nSPS) is 44.0. The van der Waals surface area contributed by atoms with Crippen LogP contribution < -0.4 is 0 Å². The van der Waals surface area contributed by atoms with Gasteiger partial charge in [0.05, 0.1) is 11.7 Å². The molecule has 2 aliphatic carbocycles. The van der Waals surface area contributed by atoms with E-state index in [0.29, 0.717) is 11.7 Å². The summed E-state index contributed by atoms with van der Waals surface area (Å²) in [5.41, 5.74) is 0.402. The van der Waals surface area contributed by atoms with E-state index in [2.05, 4.69) is 0 Å². The standard InChI is InChI=1S/C11H18O/c1-2-5-10-9(4-1)8-11(12-10)6-3-7-11/h9-10H,1-8H2. The van der Waals surface area contributed by atoms with Crippen LogP contribution in [0.15, 0.2) is 0 Å². The zero-order valence-corrected chi connectivity index (χ0v) is 7.72. The molecule has 12 heavy (non-hydrogen) atoms. The Bertz CT molecular complexity index is 167. The minimum atomic E-state index is 0.402. The molecule has 3 fully saturated rings. The van der Waals surface area contributed by atoms with Crippen molar-refractivity contribution in [3.8, 4) is 0 Å². The Labute approximate surface area is 74.5 Å². The summed E-state index contributed by atoms with van der Waals surface area (Å²) in [5.74, 6) is 0.944. The molecule has 0 aromatic heterocycles. The highest BCUT2D eigenvalue weighted by Crippen LogP contribution is 2.51. The van der Waals surface area contributed by atoms with E-state index in [1.165, 1.54) is 51.4 Å². The van der Waals surface area contributed by atoms with Gasteiger partial charge in [0, 0.05) is 0 Å². The maximum Gasteiger partial charge on any atom is 0.0690 e. The average Bonchev–Trinajstić information content (AvgIpc) is 2.42. The SMILES string of the molecule is C1CCC2OC3(CCC3)CC2C1. The van der Waals surface area contributed by atoms with Gasteiger partial charge in [-0.2, -0.15) is 0 Å². The first-order valence-corrected chi connectivity index (χ1v) is 5.56. The molecule has 0 aromatic carbocycles. The van der Waals surface area contributed by atoms with Crippen molar-refractivity contribution in [2.75, 3.05) is 0 Å². The van der Waals surface area contributed by atoms with E-state index < -0.39 is 0 Å². The largest absolute Gasteiger partial charge is 0.371 e. The molecule has 0 amide bonds. The Kier molecular flexibility index (Phi) is 1.52. The molecule has 3 rings (SSSR count). The fraction of sp³-hybridized carbons (Fsp3) is 1.00. The van der Waals surface area contributed by atoms with Crippen molar-refractivity contribution >= 4 is 0 Å². The van der Waals surface area contributed by atoms with Crippen LogP contribution in [0.1, 0.15) is 51.4 Å². The Morgan fingerprint density at radius 1 is 1.00 bits per heavy atom. The third-order valence-electron chi connectivity index (χ3n) is 4.14. The van der Waals surface area contributed by atoms with Gasteiger partial charge in [0.25, 0.3) is 0 Å². The summed E-state index contributed by atoms with van der Waals surface area (Å²) in [6.07, 6.45) is 11.9. The topological polar surface area (TPSA) is 9.23 Å². The highest BCUT2D eigenvalue weighted by Gasteiger charge is 2.49.